The molecule has 1 atom stereocenters. The molecule has 0 amide bonds. The van der Waals surface area contributed by atoms with Gasteiger partial charge < -0.3 is 14.4 Å². The van der Waals surface area contributed by atoms with Gasteiger partial charge in [-0.1, -0.05) is 0 Å². The van der Waals surface area contributed by atoms with Crippen molar-refractivity contribution in [2.24, 2.45) is 29.1 Å². The van der Waals surface area contributed by atoms with Crippen LogP contribution in [0.5, 0.6) is 0 Å². The number of hydrogen-bond donors (Lipinski definition) is 0. The second kappa shape index (κ2) is 9.60. The molecule has 1 radical (unpaired) electrons. The molecule has 0 heterocycles. The first kappa shape index (κ1) is 21.6. The Morgan fingerprint density at radius 1 is 0.964 bits per heavy atom. The van der Waals surface area contributed by atoms with Crippen molar-refractivity contribution in [2.75, 3.05) is 33.9 Å². The van der Waals surface area contributed by atoms with Gasteiger partial charge in [0.25, 0.3) is 0 Å². The third kappa shape index (κ3) is 6.20. The lowest BCUT2D eigenvalue weighted by molar-refractivity contribution is -0.154. The Labute approximate surface area is 170 Å². The van der Waals surface area contributed by atoms with Crippen LogP contribution in [0.2, 0.25) is 0 Å². The smallest absolute Gasteiger partial charge is 0.306 e. The Kier molecular flexibility index (Phi) is 7.41. The van der Waals surface area contributed by atoms with Gasteiger partial charge in [-0.05, 0) is 102 Å². The van der Waals surface area contributed by atoms with Crippen LogP contribution in [-0.4, -0.2) is 50.7 Å². The van der Waals surface area contributed by atoms with Crippen molar-refractivity contribution in [1.29, 1.82) is 0 Å². The standard InChI is InChI=1S/C23H38NO4/c1-17(15-27-21(25)6-4-5-7-24(2)3)16-28-22(26)14-23-11-18-8-19(12-23)10-20(9-18)13-23/h17-20H,1,4-16H2,2-3H3. The highest BCUT2D eigenvalue weighted by Crippen LogP contribution is 2.61. The SMILES string of the molecule is [CH2]C(COC(=O)CCCCN(C)C)COC(=O)CC12CC3CC(CC(C3)C1)C2. The van der Waals surface area contributed by atoms with Crippen molar-refractivity contribution in [1.82, 2.24) is 4.90 Å². The monoisotopic (exact) mass is 392 g/mol. The molecule has 159 valence electrons. The van der Waals surface area contributed by atoms with Crippen LogP contribution in [0.3, 0.4) is 0 Å². The van der Waals surface area contributed by atoms with E-state index in [9.17, 15) is 9.59 Å². The van der Waals surface area contributed by atoms with Crippen LogP contribution in [0.1, 0.15) is 64.2 Å². The average molecular weight is 393 g/mol. The van der Waals surface area contributed by atoms with Crippen LogP contribution in [0.15, 0.2) is 0 Å². The second-order valence-electron chi connectivity index (χ2n) is 10.1. The molecule has 5 nitrogen and oxygen atoms in total. The molecule has 0 aromatic carbocycles. The van der Waals surface area contributed by atoms with E-state index in [1.807, 2.05) is 14.1 Å². The molecule has 4 rings (SSSR count). The van der Waals surface area contributed by atoms with Gasteiger partial charge in [-0.25, -0.2) is 0 Å². The summed E-state index contributed by atoms with van der Waals surface area (Å²) in [7, 11) is 4.05. The van der Waals surface area contributed by atoms with Gasteiger partial charge in [0.1, 0.15) is 0 Å². The highest BCUT2D eigenvalue weighted by molar-refractivity contribution is 5.70. The minimum atomic E-state index is -0.203. The molecule has 1 unspecified atom stereocenters. The topological polar surface area (TPSA) is 55.8 Å². The lowest BCUT2D eigenvalue weighted by atomic mass is 9.49. The fraction of sp³-hybridized carbons (Fsp3) is 0.870. The molecule has 28 heavy (non-hydrogen) atoms. The van der Waals surface area contributed by atoms with Crippen LogP contribution in [0.4, 0.5) is 0 Å². The zero-order valence-electron chi connectivity index (χ0n) is 17.8. The van der Waals surface area contributed by atoms with Crippen molar-refractivity contribution in [3.8, 4) is 0 Å². The summed E-state index contributed by atoms with van der Waals surface area (Å²) in [5.41, 5.74) is 0.210. The Morgan fingerprint density at radius 3 is 2.04 bits per heavy atom. The molecule has 4 aliphatic rings. The summed E-state index contributed by atoms with van der Waals surface area (Å²) in [5.74, 6) is 2.05. The largest absolute Gasteiger partial charge is 0.465 e. The van der Waals surface area contributed by atoms with Crippen molar-refractivity contribution >= 4 is 11.9 Å². The number of rotatable bonds is 11. The van der Waals surface area contributed by atoms with E-state index >= 15 is 0 Å². The van der Waals surface area contributed by atoms with Crippen LogP contribution >= 0.6 is 0 Å². The van der Waals surface area contributed by atoms with Gasteiger partial charge in [0, 0.05) is 12.3 Å². The van der Waals surface area contributed by atoms with Crippen molar-refractivity contribution in [3.05, 3.63) is 6.92 Å². The van der Waals surface area contributed by atoms with Gasteiger partial charge in [0.15, 0.2) is 0 Å². The van der Waals surface area contributed by atoms with Gasteiger partial charge in [-0.15, -0.1) is 0 Å². The van der Waals surface area contributed by atoms with Crippen molar-refractivity contribution in [2.45, 2.75) is 64.2 Å². The van der Waals surface area contributed by atoms with Gasteiger partial charge in [-0.3, -0.25) is 9.59 Å². The molecule has 0 saturated heterocycles. The summed E-state index contributed by atoms with van der Waals surface area (Å²) in [4.78, 5) is 26.3. The Balaban J connectivity index is 1.29. The minimum Gasteiger partial charge on any atom is -0.465 e. The molecule has 4 aliphatic carbocycles. The van der Waals surface area contributed by atoms with E-state index in [0.717, 1.165) is 37.1 Å². The summed E-state index contributed by atoms with van der Waals surface area (Å²) >= 11 is 0. The zero-order valence-corrected chi connectivity index (χ0v) is 17.8. The Morgan fingerprint density at radius 2 is 1.50 bits per heavy atom. The highest BCUT2D eigenvalue weighted by Gasteiger charge is 2.51. The lowest BCUT2D eigenvalue weighted by Gasteiger charge is -2.56. The average Bonchev–Trinajstić information content (AvgIpc) is 2.60. The Bertz CT molecular complexity index is 509. The molecular weight excluding hydrogens is 354 g/mol. The fourth-order valence-corrected chi connectivity index (χ4v) is 6.10. The number of ether oxygens (including phenoxy) is 2. The van der Waals surface area contributed by atoms with E-state index in [1.54, 1.807) is 0 Å². The summed E-state index contributed by atoms with van der Waals surface area (Å²) in [6.45, 7) is 5.40. The van der Waals surface area contributed by atoms with E-state index in [2.05, 4.69) is 11.8 Å². The zero-order chi connectivity index (χ0) is 20.1. The number of unbranched alkanes of at least 4 members (excludes halogenated alkanes) is 1. The van der Waals surface area contributed by atoms with Crippen LogP contribution in [0, 0.1) is 36.0 Å². The third-order valence-electron chi connectivity index (χ3n) is 6.88. The molecule has 4 fully saturated rings. The molecule has 0 aliphatic heterocycles. The third-order valence-corrected chi connectivity index (χ3v) is 6.88. The number of carbonyl (C=O) groups excluding carboxylic acids is 2. The normalized spacial score (nSPS) is 31.8. The second-order valence-corrected chi connectivity index (χ2v) is 10.1. The predicted molar refractivity (Wildman–Crippen MR) is 108 cm³/mol. The first-order valence-electron chi connectivity index (χ1n) is 11.1. The van der Waals surface area contributed by atoms with Crippen molar-refractivity contribution in [3.63, 3.8) is 0 Å². The molecule has 0 spiro atoms. The maximum Gasteiger partial charge on any atom is 0.306 e. The number of hydrogen-bond acceptors (Lipinski definition) is 5. The van der Waals surface area contributed by atoms with E-state index in [0.29, 0.717) is 12.8 Å². The maximum absolute atomic E-state index is 12.4. The molecule has 0 aromatic rings. The first-order chi connectivity index (χ1) is 13.3. The maximum atomic E-state index is 12.4. The first-order valence-corrected chi connectivity index (χ1v) is 11.1. The van der Waals surface area contributed by atoms with Crippen molar-refractivity contribution < 1.29 is 19.1 Å². The summed E-state index contributed by atoms with van der Waals surface area (Å²) in [6, 6.07) is 0. The molecular formula is C23H38NO4. The summed E-state index contributed by atoms with van der Waals surface area (Å²) in [6.07, 6.45) is 10.6. The van der Waals surface area contributed by atoms with E-state index in [1.165, 1.54) is 38.5 Å². The van der Waals surface area contributed by atoms with Gasteiger partial charge in [0.2, 0.25) is 0 Å². The molecule has 0 aromatic heterocycles. The lowest BCUT2D eigenvalue weighted by Crippen LogP contribution is -2.47. The van der Waals surface area contributed by atoms with Crippen LogP contribution < -0.4 is 0 Å². The summed E-state index contributed by atoms with van der Waals surface area (Å²) in [5, 5.41) is 0. The van der Waals surface area contributed by atoms with Gasteiger partial charge >= 0.3 is 11.9 Å². The number of nitrogens with zero attached hydrogens (tertiary/aromatic N) is 1. The number of carbonyl (C=O) groups is 2. The van der Waals surface area contributed by atoms with Gasteiger partial charge in [-0.2, -0.15) is 0 Å². The van der Waals surface area contributed by atoms with Crippen LogP contribution in [-0.2, 0) is 19.1 Å². The quantitative estimate of drug-likeness (QED) is 0.395. The van der Waals surface area contributed by atoms with Crippen LogP contribution in [0.25, 0.3) is 0 Å². The van der Waals surface area contributed by atoms with Gasteiger partial charge in [0.05, 0.1) is 19.6 Å². The predicted octanol–water partition coefficient (Wildman–Crippen LogP) is 3.86. The minimum absolute atomic E-state index is 0.0920. The molecule has 0 N–H and O–H groups in total. The van der Waals surface area contributed by atoms with E-state index < -0.39 is 0 Å². The molecule has 5 heteroatoms. The highest BCUT2D eigenvalue weighted by atomic mass is 16.5. The molecule has 4 bridgehead atoms. The summed E-state index contributed by atoms with van der Waals surface area (Å²) < 4.78 is 10.8. The van der Waals surface area contributed by atoms with E-state index in [4.69, 9.17) is 9.47 Å². The Hall–Kier alpha value is -1.10. The fourth-order valence-electron chi connectivity index (χ4n) is 6.10. The van der Waals surface area contributed by atoms with E-state index in [-0.39, 0.29) is 36.5 Å². The number of esters is 2. The molecule has 4 saturated carbocycles.